The Balaban J connectivity index is 1.63. The summed E-state index contributed by atoms with van der Waals surface area (Å²) in [6.45, 7) is 1.57. The van der Waals surface area contributed by atoms with Gasteiger partial charge in [-0.15, -0.1) is 11.8 Å². The first kappa shape index (κ1) is 16.1. The molecule has 0 radical (unpaired) electrons. The molecule has 0 bridgehead atoms. The molecule has 0 spiro atoms. The Bertz CT molecular complexity index is 665. The lowest BCUT2D eigenvalue weighted by molar-refractivity contribution is 0.00401. The number of carbonyl (C=O) groups is 1. The van der Waals surface area contributed by atoms with Crippen molar-refractivity contribution in [3.05, 3.63) is 42.2 Å². The van der Waals surface area contributed by atoms with Crippen LogP contribution in [-0.4, -0.2) is 34.7 Å². The van der Waals surface area contributed by atoms with Gasteiger partial charge >= 0.3 is 0 Å². The summed E-state index contributed by atoms with van der Waals surface area (Å²) in [5, 5.41) is 7.23. The fourth-order valence-electron chi connectivity index (χ4n) is 2.72. The van der Waals surface area contributed by atoms with E-state index in [4.69, 9.17) is 4.74 Å². The molecule has 3 rings (SSSR count). The molecular weight excluding hydrogens is 310 g/mol. The molecule has 1 aliphatic heterocycles. The van der Waals surface area contributed by atoms with Gasteiger partial charge in [-0.05, 0) is 37.7 Å². The number of anilines is 1. The number of carbonyl (C=O) groups excluding carboxylic acids is 1. The maximum atomic E-state index is 12.4. The lowest BCUT2D eigenvalue weighted by atomic mass is 10.1. The van der Waals surface area contributed by atoms with Gasteiger partial charge in [0.25, 0.3) is 5.91 Å². The van der Waals surface area contributed by atoms with Crippen LogP contribution in [0.1, 0.15) is 29.6 Å². The van der Waals surface area contributed by atoms with Crippen molar-refractivity contribution in [3.8, 4) is 0 Å². The topological polar surface area (TPSA) is 56.2 Å². The van der Waals surface area contributed by atoms with Gasteiger partial charge in [0.1, 0.15) is 0 Å². The number of hydrogen-bond donors (Lipinski definition) is 1. The van der Waals surface area contributed by atoms with Gasteiger partial charge in [0.2, 0.25) is 0 Å². The monoisotopic (exact) mass is 331 g/mol. The molecular formula is C17H21N3O2S. The van der Waals surface area contributed by atoms with Crippen LogP contribution >= 0.6 is 11.8 Å². The summed E-state index contributed by atoms with van der Waals surface area (Å²) in [7, 11) is 0. The second-order valence-corrected chi connectivity index (χ2v) is 6.44. The number of rotatable bonds is 5. The SMILES string of the molecule is CSc1ccccc1C(=O)Nc1cnn(C[C@@H]2CCCCO2)c1. The fraction of sp³-hybridized carbons (Fsp3) is 0.412. The van der Waals surface area contributed by atoms with Crippen molar-refractivity contribution in [3.63, 3.8) is 0 Å². The Labute approximate surface area is 140 Å². The highest BCUT2D eigenvalue weighted by Crippen LogP contribution is 2.21. The molecule has 0 unspecified atom stereocenters. The van der Waals surface area contributed by atoms with Crippen molar-refractivity contribution < 1.29 is 9.53 Å². The van der Waals surface area contributed by atoms with E-state index in [0.717, 1.165) is 30.9 Å². The van der Waals surface area contributed by atoms with Crippen LogP contribution in [0.4, 0.5) is 5.69 Å². The summed E-state index contributed by atoms with van der Waals surface area (Å²) >= 11 is 1.56. The Morgan fingerprint density at radius 3 is 3.09 bits per heavy atom. The molecule has 6 heteroatoms. The van der Waals surface area contributed by atoms with Gasteiger partial charge in [-0.2, -0.15) is 5.10 Å². The lowest BCUT2D eigenvalue weighted by Crippen LogP contribution is -2.24. The fourth-order valence-corrected chi connectivity index (χ4v) is 3.31. The molecule has 2 aromatic rings. The van der Waals surface area contributed by atoms with Gasteiger partial charge in [0.05, 0.1) is 30.1 Å². The zero-order chi connectivity index (χ0) is 16.1. The van der Waals surface area contributed by atoms with E-state index >= 15 is 0 Å². The number of amides is 1. The molecule has 0 aliphatic carbocycles. The molecule has 5 nitrogen and oxygen atoms in total. The third-order valence-corrected chi connectivity index (χ3v) is 4.70. The zero-order valence-corrected chi connectivity index (χ0v) is 14.0. The first-order valence-electron chi connectivity index (χ1n) is 7.84. The van der Waals surface area contributed by atoms with Gasteiger partial charge in [0.15, 0.2) is 0 Å². The molecule has 1 saturated heterocycles. The minimum Gasteiger partial charge on any atom is -0.376 e. The van der Waals surface area contributed by atoms with Crippen molar-refractivity contribution in [2.75, 3.05) is 18.2 Å². The summed E-state index contributed by atoms with van der Waals surface area (Å²) in [6, 6.07) is 7.59. The molecule has 1 amide bonds. The van der Waals surface area contributed by atoms with E-state index in [-0.39, 0.29) is 12.0 Å². The van der Waals surface area contributed by atoms with Crippen LogP contribution in [0.5, 0.6) is 0 Å². The van der Waals surface area contributed by atoms with E-state index in [2.05, 4.69) is 10.4 Å². The van der Waals surface area contributed by atoms with Crippen LogP contribution in [-0.2, 0) is 11.3 Å². The molecule has 1 aromatic heterocycles. The predicted octanol–water partition coefficient (Wildman–Crippen LogP) is 3.43. The Morgan fingerprint density at radius 2 is 2.30 bits per heavy atom. The van der Waals surface area contributed by atoms with Crippen LogP contribution in [0, 0.1) is 0 Å². The van der Waals surface area contributed by atoms with Crippen molar-refractivity contribution >= 4 is 23.4 Å². The summed E-state index contributed by atoms with van der Waals surface area (Å²) < 4.78 is 7.56. The summed E-state index contributed by atoms with van der Waals surface area (Å²) in [5.41, 5.74) is 1.39. The van der Waals surface area contributed by atoms with Crippen molar-refractivity contribution in [1.29, 1.82) is 0 Å². The Morgan fingerprint density at radius 1 is 1.43 bits per heavy atom. The van der Waals surface area contributed by atoms with Crippen LogP contribution in [0.25, 0.3) is 0 Å². The summed E-state index contributed by atoms with van der Waals surface area (Å²) in [4.78, 5) is 13.4. The first-order chi connectivity index (χ1) is 11.3. The van der Waals surface area contributed by atoms with Crippen molar-refractivity contribution in [2.24, 2.45) is 0 Å². The first-order valence-corrected chi connectivity index (χ1v) is 9.07. The molecule has 1 aromatic carbocycles. The maximum absolute atomic E-state index is 12.4. The van der Waals surface area contributed by atoms with Crippen LogP contribution in [0.2, 0.25) is 0 Å². The van der Waals surface area contributed by atoms with Gasteiger partial charge < -0.3 is 10.1 Å². The van der Waals surface area contributed by atoms with Gasteiger partial charge in [-0.1, -0.05) is 12.1 Å². The average molecular weight is 331 g/mol. The second-order valence-electron chi connectivity index (χ2n) is 5.59. The van der Waals surface area contributed by atoms with Crippen molar-refractivity contribution in [1.82, 2.24) is 9.78 Å². The number of ether oxygens (including phenoxy) is 1. The number of nitrogens with zero attached hydrogens (tertiary/aromatic N) is 2. The minimum absolute atomic E-state index is 0.108. The molecule has 1 aliphatic rings. The minimum atomic E-state index is -0.108. The van der Waals surface area contributed by atoms with Crippen LogP contribution in [0.3, 0.4) is 0 Å². The quantitative estimate of drug-likeness (QED) is 0.853. The van der Waals surface area contributed by atoms with E-state index in [1.807, 2.05) is 41.4 Å². The third-order valence-electron chi connectivity index (χ3n) is 3.91. The largest absolute Gasteiger partial charge is 0.376 e. The molecule has 0 saturated carbocycles. The maximum Gasteiger partial charge on any atom is 0.256 e. The molecule has 122 valence electrons. The smallest absolute Gasteiger partial charge is 0.256 e. The van der Waals surface area contributed by atoms with Gasteiger partial charge in [-0.3, -0.25) is 9.48 Å². The Kier molecular flexibility index (Phi) is 5.35. The summed E-state index contributed by atoms with van der Waals surface area (Å²) in [5.74, 6) is -0.108. The molecule has 1 N–H and O–H groups in total. The molecule has 23 heavy (non-hydrogen) atoms. The Hall–Kier alpha value is -1.79. The molecule has 1 fully saturated rings. The highest BCUT2D eigenvalue weighted by atomic mass is 32.2. The van der Waals surface area contributed by atoms with Gasteiger partial charge in [0, 0.05) is 17.7 Å². The molecule has 1 atom stereocenters. The van der Waals surface area contributed by atoms with Crippen LogP contribution in [0.15, 0.2) is 41.6 Å². The van der Waals surface area contributed by atoms with E-state index < -0.39 is 0 Å². The number of hydrogen-bond acceptors (Lipinski definition) is 4. The van der Waals surface area contributed by atoms with E-state index in [1.165, 1.54) is 6.42 Å². The van der Waals surface area contributed by atoms with E-state index in [1.54, 1.807) is 18.0 Å². The zero-order valence-electron chi connectivity index (χ0n) is 13.2. The van der Waals surface area contributed by atoms with E-state index in [9.17, 15) is 4.79 Å². The highest BCUT2D eigenvalue weighted by molar-refractivity contribution is 7.98. The highest BCUT2D eigenvalue weighted by Gasteiger charge is 2.16. The van der Waals surface area contributed by atoms with Crippen LogP contribution < -0.4 is 5.32 Å². The normalized spacial score (nSPS) is 17.9. The standard InChI is InChI=1S/C17H21N3O2S/c1-23-16-8-3-2-7-15(16)17(21)19-13-10-18-20(11-13)12-14-6-4-5-9-22-14/h2-3,7-8,10-11,14H,4-6,9,12H2,1H3,(H,19,21)/t14-/m0/s1. The number of benzene rings is 1. The number of nitrogens with one attached hydrogen (secondary N) is 1. The van der Waals surface area contributed by atoms with Crippen molar-refractivity contribution in [2.45, 2.75) is 36.8 Å². The summed E-state index contributed by atoms with van der Waals surface area (Å²) in [6.07, 6.45) is 9.16. The number of aromatic nitrogens is 2. The average Bonchev–Trinajstić information content (AvgIpc) is 3.02. The third kappa shape index (κ3) is 4.14. The van der Waals surface area contributed by atoms with E-state index in [0.29, 0.717) is 11.3 Å². The van der Waals surface area contributed by atoms with Gasteiger partial charge in [-0.25, -0.2) is 0 Å². The number of thioether (sulfide) groups is 1. The molecule has 2 heterocycles. The predicted molar refractivity (Wildman–Crippen MR) is 92.0 cm³/mol. The second kappa shape index (κ2) is 7.66. The lowest BCUT2D eigenvalue weighted by Gasteiger charge is -2.22.